The zero-order valence-electron chi connectivity index (χ0n) is 15.1. The number of aromatic nitrogens is 1. The lowest BCUT2D eigenvalue weighted by Gasteiger charge is -2.05. The van der Waals surface area contributed by atoms with Crippen LogP contribution in [0.1, 0.15) is 16.7 Å². The Morgan fingerprint density at radius 2 is 2.04 bits per heavy atom. The highest BCUT2D eigenvalue weighted by molar-refractivity contribution is 7.98. The van der Waals surface area contributed by atoms with Crippen LogP contribution in [0, 0.1) is 19.7 Å². The molecule has 0 bridgehead atoms. The third-order valence-corrected chi connectivity index (χ3v) is 5.86. The molecule has 1 heterocycles. The monoisotopic (exact) mass is 388 g/mol. The number of carbonyl (C=O) groups is 1. The quantitative estimate of drug-likeness (QED) is 0.645. The lowest BCUT2D eigenvalue weighted by Crippen LogP contribution is -2.18. The minimum atomic E-state index is -0.274. The van der Waals surface area contributed by atoms with Crippen molar-refractivity contribution in [3.63, 3.8) is 0 Å². The van der Waals surface area contributed by atoms with Gasteiger partial charge in [0.05, 0.1) is 16.6 Å². The maximum Gasteiger partial charge on any atom is 0.252 e. The standard InChI is InChI=1S/C20H21FN2OS2/c1-13-4-5-15(14(2)10-13)11-19(24)22-20-23(8-9-25-3)17-7-6-16(21)12-18(17)26-20/h4-7,10,12H,8-9,11H2,1-3H3. The maximum absolute atomic E-state index is 13.6. The molecule has 26 heavy (non-hydrogen) atoms. The number of halogens is 1. The minimum Gasteiger partial charge on any atom is -0.316 e. The Hall–Kier alpha value is -1.92. The largest absolute Gasteiger partial charge is 0.316 e. The summed E-state index contributed by atoms with van der Waals surface area (Å²) in [5, 5.41) is 0. The van der Waals surface area contributed by atoms with Crippen molar-refractivity contribution in [1.82, 2.24) is 4.57 Å². The number of aryl methyl sites for hydroxylation is 3. The van der Waals surface area contributed by atoms with E-state index in [2.05, 4.69) is 11.1 Å². The Labute approximate surface area is 160 Å². The number of hydrogen-bond acceptors (Lipinski definition) is 3. The average Bonchev–Trinajstić information content (AvgIpc) is 2.91. The molecule has 0 radical (unpaired) electrons. The molecule has 0 unspecified atom stereocenters. The van der Waals surface area contributed by atoms with Gasteiger partial charge < -0.3 is 4.57 Å². The number of fused-ring (bicyclic) bond motifs is 1. The number of thioether (sulfide) groups is 1. The predicted molar refractivity (Wildman–Crippen MR) is 108 cm³/mol. The molecule has 1 aromatic heterocycles. The van der Waals surface area contributed by atoms with Crippen LogP contribution < -0.4 is 4.80 Å². The summed E-state index contributed by atoms with van der Waals surface area (Å²) in [6.07, 6.45) is 2.31. The fourth-order valence-corrected chi connectivity index (χ4v) is 4.35. The van der Waals surface area contributed by atoms with E-state index in [-0.39, 0.29) is 18.1 Å². The molecular formula is C20H21FN2OS2. The molecule has 0 spiro atoms. The van der Waals surface area contributed by atoms with Crippen LogP contribution in [0.25, 0.3) is 10.2 Å². The predicted octanol–water partition coefficient (Wildman–Crippen LogP) is 4.49. The van der Waals surface area contributed by atoms with Gasteiger partial charge in [-0.05, 0) is 49.4 Å². The van der Waals surface area contributed by atoms with E-state index in [1.165, 1.54) is 29.0 Å². The van der Waals surface area contributed by atoms with Crippen molar-refractivity contribution in [3.05, 3.63) is 63.7 Å². The molecule has 0 aliphatic rings. The van der Waals surface area contributed by atoms with Gasteiger partial charge >= 0.3 is 0 Å². The van der Waals surface area contributed by atoms with Gasteiger partial charge in [-0.3, -0.25) is 4.79 Å². The molecule has 0 saturated heterocycles. The number of rotatable bonds is 5. The zero-order chi connectivity index (χ0) is 18.7. The molecular weight excluding hydrogens is 367 g/mol. The molecule has 3 aromatic rings. The maximum atomic E-state index is 13.6. The Kier molecular flexibility index (Phi) is 5.94. The molecule has 0 aliphatic carbocycles. The van der Waals surface area contributed by atoms with Gasteiger partial charge in [0, 0.05) is 12.3 Å². The van der Waals surface area contributed by atoms with Crippen LogP contribution in [0.2, 0.25) is 0 Å². The minimum absolute atomic E-state index is 0.179. The summed E-state index contributed by atoms with van der Waals surface area (Å²) in [7, 11) is 0. The van der Waals surface area contributed by atoms with E-state index < -0.39 is 0 Å². The Morgan fingerprint density at radius 1 is 1.23 bits per heavy atom. The number of thiazole rings is 1. The van der Waals surface area contributed by atoms with Crippen molar-refractivity contribution < 1.29 is 9.18 Å². The summed E-state index contributed by atoms with van der Waals surface area (Å²) in [4.78, 5) is 17.5. The molecule has 0 atom stereocenters. The van der Waals surface area contributed by atoms with Crippen LogP contribution in [0.5, 0.6) is 0 Å². The van der Waals surface area contributed by atoms with Crippen molar-refractivity contribution in [1.29, 1.82) is 0 Å². The lowest BCUT2D eigenvalue weighted by molar-refractivity contribution is -0.117. The smallest absolute Gasteiger partial charge is 0.252 e. The van der Waals surface area contributed by atoms with Gasteiger partial charge in [-0.25, -0.2) is 4.39 Å². The molecule has 0 aliphatic heterocycles. The van der Waals surface area contributed by atoms with Gasteiger partial charge in [-0.1, -0.05) is 35.1 Å². The second kappa shape index (κ2) is 8.18. The fourth-order valence-electron chi connectivity index (χ4n) is 2.88. The molecule has 2 aromatic carbocycles. The van der Waals surface area contributed by atoms with Crippen molar-refractivity contribution in [2.24, 2.45) is 4.99 Å². The van der Waals surface area contributed by atoms with Crippen LogP contribution in [0.3, 0.4) is 0 Å². The molecule has 0 fully saturated rings. The summed E-state index contributed by atoms with van der Waals surface area (Å²) in [5.41, 5.74) is 4.19. The summed E-state index contributed by atoms with van der Waals surface area (Å²) >= 11 is 3.09. The van der Waals surface area contributed by atoms with E-state index in [4.69, 9.17) is 0 Å². The van der Waals surface area contributed by atoms with Crippen molar-refractivity contribution in [2.75, 3.05) is 12.0 Å². The van der Waals surface area contributed by atoms with Crippen LogP contribution in [-0.4, -0.2) is 22.5 Å². The molecule has 6 heteroatoms. The van der Waals surface area contributed by atoms with Crippen molar-refractivity contribution in [3.8, 4) is 0 Å². The number of carbonyl (C=O) groups excluding carboxylic acids is 1. The van der Waals surface area contributed by atoms with Crippen LogP contribution >= 0.6 is 23.1 Å². The van der Waals surface area contributed by atoms with Crippen LogP contribution in [-0.2, 0) is 17.8 Å². The number of amides is 1. The highest BCUT2D eigenvalue weighted by Crippen LogP contribution is 2.19. The Morgan fingerprint density at radius 3 is 2.77 bits per heavy atom. The Bertz CT molecular complexity index is 1020. The van der Waals surface area contributed by atoms with Crippen molar-refractivity contribution >= 4 is 39.2 Å². The SMILES string of the molecule is CSCCn1c(=NC(=O)Cc2ccc(C)cc2C)sc2cc(F)ccc21. The van der Waals surface area contributed by atoms with E-state index in [0.717, 1.165) is 33.6 Å². The van der Waals surface area contributed by atoms with Gasteiger partial charge in [0.1, 0.15) is 5.82 Å². The first-order chi connectivity index (χ1) is 12.5. The van der Waals surface area contributed by atoms with Gasteiger partial charge in [0.2, 0.25) is 0 Å². The van der Waals surface area contributed by atoms with E-state index in [1.54, 1.807) is 17.8 Å². The lowest BCUT2D eigenvalue weighted by atomic mass is 10.0. The normalized spacial score (nSPS) is 12.1. The number of nitrogens with zero attached hydrogens (tertiary/aromatic N) is 2. The molecule has 0 N–H and O–H groups in total. The third-order valence-electron chi connectivity index (χ3n) is 4.22. The van der Waals surface area contributed by atoms with Gasteiger partial charge in [-0.15, -0.1) is 0 Å². The number of hydrogen-bond donors (Lipinski definition) is 0. The van der Waals surface area contributed by atoms with Crippen molar-refractivity contribution in [2.45, 2.75) is 26.8 Å². The first-order valence-electron chi connectivity index (χ1n) is 8.39. The Balaban J connectivity index is 1.98. The third kappa shape index (κ3) is 4.24. The highest BCUT2D eigenvalue weighted by atomic mass is 32.2. The van der Waals surface area contributed by atoms with Crippen LogP contribution in [0.15, 0.2) is 41.4 Å². The van der Waals surface area contributed by atoms with Gasteiger partial charge in [0.25, 0.3) is 5.91 Å². The van der Waals surface area contributed by atoms with E-state index >= 15 is 0 Å². The molecule has 3 rings (SSSR count). The summed E-state index contributed by atoms with van der Waals surface area (Å²) in [5.74, 6) is 0.451. The van der Waals surface area contributed by atoms with Gasteiger partial charge in [0.15, 0.2) is 4.80 Å². The highest BCUT2D eigenvalue weighted by Gasteiger charge is 2.10. The molecule has 0 saturated carbocycles. The molecule has 1 amide bonds. The second-order valence-electron chi connectivity index (χ2n) is 6.25. The zero-order valence-corrected chi connectivity index (χ0v) is 16.7. The fraction of sp³-hybridized carbons (Fsp3) is 0.300. The summed E-state index contributed by atoms with van der Waals surface area (Å²) in [6.45, 7) is 4.78. The first kappa shape index (κ1) is 18.9. The molecule has 3 nitrogen and oxygen atoms in total. The summed E-state index contributed by atoms with van der Waals surface area (Å²) < 4.78 is 16.4. The van der Waals surface area contributed by atoms with Gasteiger partial charge in [-0.2, -0.15) is 16.8 Å². The second-order valence-corrected chi connectivity index (χ2v) is 8.25. The van der Waals surface area contributed by atoms with E-state index in [1.807, 2.05) is 36.8 Å². The van der Waals surface area contributed by atoms with Crippen LogP contribution in [0.4, 0.5) is 4.39 Å². The van der Waals surface area contributed by atoms with E-state index in [9.17, 15) is 9.18 Å². The number of benzene rings is 2. The topological polar surface area (TPSA) is 34.4 Å². The van der Waals surface area contributed by atoms with E-state index in [0.29, 0.717) is 4.80 Å². The summed E-state index contributed by atoms with van der Waals surface area (Å²) in [6, 6.07) is 10.8. The average molecular weight is 389 g/mol. The first-order valence-corrected chi connectivity index (χ1v) is 10.6. The molecule has 136 valence electrons.